The van der Waals surface area contributed by atoms with Gasteiger partial charge in [0.1, 0.15) is 0 Å². The molecule has 0 radical (unpaired) electrons. The first-order chi connectivity index (χ1) is 31.1. The van der Waals surface area contributed by atoms with Crippen molar-refractivity contribution >= 4 is 23.9 Å². The molecule has 1 aromatic carbocycles. The maximum absolute atomic E-state index is 13.1. The molecule has 0 fully saturated rings. The van der Waals surface area contributed by atoms with Gasteiger partial charge in [0.15, 0.2) is 11.5 Å². The lowest BCUT2D eigenvalue weighted by Crippen LogP contribution is -2.31. The number of methoxy groups -OCH3 is 2. The predicted molar refractivity (Wildman–Crippen MR) is 258 cm³/mol. The zero-order valence-electron chi connectivity index (χ0n) is 41.6. The number of carbonyl (C=O) groups excluding carboxylic acids is 4. The highest BCUT2D eigenvalue weighted by atomic mass is 16.6. The molecule has 12 nitrogen and oxygen atoms in total. The Kier molecular flexibility index (Phi) is 37.6. The molecule has 0 saturated carbocycles. The van der Waals surface area contributed by atoms with Gasteiger partial charge < -0.3 is 38.2 Å². The summed E-state index contributed by atoms with van der Waals surface area (Å²) in [7, 11) is 6.74. The highest BCUT2D eigenvalue weighted by Crippen LogP contribution is 2.39. The van der Waals surface area contributed by atoms with E-state index in [1.165, 1.54) is 142 Å². The molecule has 370 valence electrons. The van der Waals surface area contributed by atoms with E-state index in [9.17, 15) is 19.2 Å². The molecule has 0 aromatic heterocycles. The van der Waals surface area contributed by atoms with E-state index in [1.54, 1.807) is 0 Å². The van der Waals surface area contributed by atoms with Crippen LogP contribution >= 0.6 is 0 Å². The van der Waals surface area contributed by atoms with Crippen LogP contribution in [-0.2, 0) is 28.6 Å². The number of ether oxygens (including phenoxy) is 6. The zero-order valence-corrected chi connectivity index (χ0v) is 41.6. The molecule has 0 bridgehead atoms. The maximum atomic E-state index is 13.1. The lowest BCUT2D eigenvalue weighted by atomic mass is 10.1. The minimum atomic E-state index is -0.533. The van der Waals surface area contributed by atoms with Gasteiger partial charge in [-0.2, -0.15) is 0 Å². The summed E-state index contributed by atoms with van der Waals surface area (Å²) in [6, 6.07) is 2.94. The quantitative estimate of drug-likeness (QED) is 0.0267. The van der Waals surface area contributed by atoms with E-state index in [2.05, 4.69) is 13.8 Å². The number of esters is 4. The summed E-state index contributed by atoms with van der Waals surface area (Å²) < 4.78 is 33.2. The average molecular weight is 905 g/mol. The zero-order chi connectivity index (χ0) is 46.9. The Balaban J connectivity index is 2.60. The van der Waals surface area contributed by atoms with Crippen molar-refractivity contribution in [3.05, 3.63) is 17.7 Å². The first kappa shape index (κ1) is 58.6. The predicted octanol–water partition coefficient (Wildman–Crippen LogP) is 12.1. The van der Waals surface area contributed by atoms with Crippen LogP contribution in [0.15, 0.2) is 12.1 Å². The van der Waals surface area contributed by atoms with E-state index >= 15 is 0 Å². The second-order valence-electron chi connectivity index (χ2n) is 17.6. The van der Waals surface area contributed by atoms with Crippen LogP contribution in [0, 0.1) is 0 Å². The second kappa shape index (κ2) is 41.1. The van der Waals surface area contributed by atoms with Crippen LogP contribution < -0.4 is 14.2 Å². The SMILES string of the molecule is CCCCCCCCCCCCCCOC(=O)CCN(CCCC(=O)Oc1c(OC)cc(C(=O)OCCCN(C)C)cc1OC)CCC(=O)OCCCCCCCCCCCCCC. The summed E-state index contributed by atoms with van der Waals surface area (Å²) in [5, 5.41) is 0. The van der Waals surface area contributed by atoms with Crippen molar-refractivity contribution in [3.63, 3.8) is 0 Å². The number of unbranched alkanes of at least 4 members (excludes halogenated alkanes) is 22. The third-order valence-corrected chi connectivity index (χ3v) is 11.5. The van der Waals surface area contributed by atoms with Crippen molar-refractivity contribution in [3.8, 4) is 17.2 Å². The third-order valence-electron chi connectivity index (χ3n) is 11.5. The van der Waals surface area contributed by atoms with E-state index in [1.807, 2.05) is 23.9 Å². The molecule has 1 rings (SSSR count). The van der Waals surface area contributed by atoms with E-state index in [-0.39, 0.29) is 60.6 Å². The molecule has 0 saturated heterocycles. The Labute approximate surface area is 389 Å². The fourth-order valence-corrected chi connectivity index (χ4v) is 7.58. The fraction of sp³-hybridized carbons (Fsp3) is 0.808. The van der Waals surface area contributed by atoms with Crippen LogP contribution in [0.25, 0.3) is 0 Å². The standard InChI is InChI=1S/C52H92N2O10/c1-7-9-11-13-15-17-19-21-23-25-27-29-40-61-48(55)34-38-54(39-35-49(56)62-41-30-28-26-24-22-20-18-16-14-12-10-8-2)37-31-33-50(57)64-51-46(59-5)43-45(44-47(51)60-6)52(58)63-42-32-36-53(3)4/h43-44H,7-42H2,1-6H3. The van der Waals surface area contributed by atoms with Gasteiger partial charge >= 0.3 is 23.9 Å². The van der Waals surface area contributed by atoms with Gasteiger partial charge in [-0.05, 0) is 58.5 Å². The van der Waals surface area contributed by atoms with Gasteiger partial charge in [0.2, 0.25) is 5.75 Å². The Hall–Kier alpha value is -3.38. The van der Waals surface area contributed by atoms with Gasteiger partial charge in [0.25, 0.3) is 0 Å². The molecule has 0 aliphatic carbocycles. The summed E-state index contributed by atoms with van der Waals surface area (Å²) in [5.74, 6) is -1.17. The van der Waals surface area contributed by atoms with Crippen molar-refractivity contribution in [1.29, 1.82) is 0 Å². The topological polar surface area (TPSA) is 130 Å². The van der Waals surface area contributed by atoms with Gasteiger partial charge in [-0.3, -0.25) is 14.4 Å². The van der Waals surface area contributed by atoms with Crippen LogP contribution in [0.2, 0.25) is 0 Å². The van der Waals surface area contributed by atoms with E-state index < -0.39 is 11.9 Å². The van der Waals surface area contributed by atoms with Crippen molar-refractivity contribution in [1.82, 2.24) is 9.80 Å². The number of hydrogen-bond acceptors (Lipinski definition) is 12. The molecule has 0 heterocycles. The lowest BCUT2D eigenvalue weighted by molar-refractivity contribution is -0.144. The lowest BCUT2D eigenvalue weighted by Gasteiger charge is -2.21. The summed E-state index contributed by atoms with van der Waals surface area (Å²) >= 11 is 0. The van der Waals surface area contributed by atoms with Crippen LogP contribution in [0.1, 0.15) is 210 Å². The number of rotatable bonds is 44. The first-order valence-electron chi connectivity index (χ1n) is 25.5. The molecule has 0 aliphatic heterocycles. The summed E-state index contributed by atoms with van der Waals surface area (Å²) in [6.07, 6.45) is 31.4. The Morgan fingerprint density at radius 2 is 0.828 bits per heavy atom. The molecule has 0 aliphatic rings. The first-order valence-corrected chi connectivity index (χ1v) is 25.5. The van der Waals surface area contributed by atoms with Crippen molar-refractivity contribution in [2.75, 3.05) is 74.3 Å². The molecule has 0 N–H and O–H groups in total. The van der Waals surface area contributed by atoms with Gasteiger partial charge in [-0.1, -0.05) is 155 Å². The average Bonchev–Trinajstić information content (AvgIpc) is 3.28. The number of hydrogen-bond donors (Lipinski definition) is 0. The van der Waals surface area contributed by atoms with E-state index in [4.69, 9.17) is 28.4 Å². The van der Waals surface area contributed by atoms with Gasteiger partial charge in [0.05, 0.1) is 52.4 Å². The van der Waals surface area contributed by atoms with Crippen LogP contribution in [0.3, 0.4) is 0 Å². The summed E-state index contributed by atoms with van der Waals surface area (Å²) in [4.78, 5) is 55.3. The molecule has 0 spiro atoms. The van der Waals surface area contributed by atoms with E-state index in [0.717, 1.165) is 45.1 Å². The fourth-order valence-electron chi connectivity index (χ4n) is 7.58. The summed E-state index contributed by atoms with van der Waals surface area (Å²) in [6.45, 7) is 7.63. The Morgan fingerprint density at radius 1 is 0.438 bits per heavy atom. The molecule has 64 heavy (non-hydrogen) atoms. The second-order valence-corrected chi connectivity index (χ2v) is 17.6. The van der Waals surface area contributed by atoms with E-state index in [0.29, 0.717) is 45.7 Å². The smallest absolute Gasteiger partial charge is 0.338 e. The van der Waals surface area contributed by atoms with Gasteiger partial charge in [0, 0.05) is 26.1 Å². The molecular formula is C52H92N2O10. The molecule has 0 unspecified atom stereocenters. The third kappa shape index (κ3) is 32.3. The molecule has 0 atom stereocenters. The molecule has 12 heteroatoms. The maximum Gasteiger partial charge on any atom is 0.338 e. The highest BCUT2D eigenvalue weighted by Gasteiger charge is 2.22. The van der Waals surface area contributed by atoms with Gasteiger partial charge in [-0.15, -0.1) is 0 Å². The van der Waals surface area contributed by atoms with Gasteiger partial charge in [-0.25, -0.2) is 4.79 Å². The number of nitrogens with zero attached hydrogens (tertiary/aromatic N) is 2. The van der Waals surface area contributed by atoms with Crippen LogP contribution in [-0.4, -0.2) is 108 Å². The Morgan fingerprint density at radius 3 is 1.22 bits per heavy atom. The largest absolute Gasteiger partial charge is 0.493 e. The molecule has 1 aromatic rings. The van der Waals surface area contributed by atoms with Crippen LogP contribution in [0.5, 0.6) is 17.2 Å². The van der Waals surface area contributed by atoms with Crippen molar-refractivity contribution in [2.45, 2.75) is 200 Å². The minimum Gasteiger partial charge on any atom is -0.493 e. The summed E-state index contributed by atoms with van der Waals surface area (Å²) in [5.41, 5.74) is 0.217. The highest BCUT2D eigenvalue weighted by molar-refractivity contribution is 5.91. The molecule has 0 amide bonds. The monoisotopic (exact) mass is 905 g/mol. The number of benzene rings is 1. The minimum absolute atomic E-state index is 0.0608. The van der Waals surface area contributed by atoms with Crippen molar-refractivity contribution < 1.29 is 47.6 Å². The number of carbonyl (C=O) groups is 4. The normalized spacial score (nSPS) is 11.2. The van der Waals surface area contributed by atoms with Crippen LogP contribution in [0.4, 0.5) is 0 Å². The van der Waals surface area contributed by atoms with Crippen molar-refractivity contribution in [2.24, 2.45) is 0 Å². The Bertz CT molecular complexity index is 1270. The molecular weight excluding hydrogens is 813 g/mol.